The summed E-state index contributed by atoms with van der Waals surface area (Å²) >= 11 is 13.5. The molecule has 0 radical (unpaired) electrons. The van der Waals surface area contributed by atoms with E-state index in [1.165, 1.54) is 0 Å². The predicted octanol–water partition coefficient (Wildman–Crippen LogP) is 4.14. The molecule has 1 unspecified atom stereocenters. The molecule has 0 aromatic heterocycles. The van der Waals surface area contributed by atoms with Gasteiger partial charge in [-0.2, -0.15) is 0 Å². The van der Waals surface area contributed by atoms with Crippen molar-refractivity contribution in [3.63, 3.8) is 0 Å². The fourth-order valence-electron chi connectivity index (χ4n) is 1.32. The molecule has 0 spiro atoms. The van der Waals surface area contributed by atoms with Crippen LogP contribution in [-0.4, -0.2) is 17.7 Å². The zero-order valence-electron chi connectivity index (χ0n) is 10.5. The van der Waals surface area contributed by atoms with E-state index in [9.17, 15) is 4.79 Å². The lowest BCUT2D eigenvalue weighted by Crippen LogP contribution is -2.31. The van der Waals surface area contributed by atoms with Crippen molar-refractivity contribution in [2.45, 2.75) is 31.3 Å². The van der Waals surface area contributed by atoms with E-state index in [0.29, 0.717) is 15.8 Å². The second-order valence-electron chi connectivity index (χ2n) is 3.98. The number of rotatable bonds is 6. The SMILES string of the molecule is CCCNC(=O)C(C)SCc1ccc(Cl)cc1Cl. The van der Waals surface area contributed by atoms with Crippen LogP contribution in [0, 0.1) is 0 Å². The highest BCUT2D eigenvalue weighted by Crippen LogP contribution is 2.26. The molecule has 1 N–H and O–H groups in total. The van der Waals surface area contributed by atoms with Crippen molar-refractivity contribution < 1.29 is 4.79 Å². The van der Waals surface area contributed by atoms with Crippen LogP contribution in [0.4, 0.5) is 0 Å². The molecule has 2 nitrogen and oxygen atoms in total. The van der Waals surface area contributed by atoms with Gasteiger partial charge in [-0.15, -0.1) is 11.8 Å². The molecule has 0 aliphatic heterocycles. The van der Waals surface area contributed by atoms with Gasteiger partial charge in [0.25, 0.3) is 0 Å². The highest BCUT2D eigenvalue weighted by Gasteiger charge is 2.13. The lowest BCUT2D eigenvalue weighted by Gasteiger charge is -2.12. The van der Waals surface area contributed by atoms with Gasteiger partial charge in [0.15, 0.2) is 0 Å². The van der Waals surface area contributed by atoms with Gasteiger partial charge < -0.3 is 5.32 Å². The van der Waals surface area contributed by atoms with Gasteiger partial charge in [-0.05, 0) is 31.0 Å². The van der Waals surface area contributed by atoms with Crippen molar-refractivity contribution >= 4 is 40.9 Å². The molecule has 0 saturated carbocycles. The molecule has 0 fully saturated rings. The van der Waals surface area contributed by atoms with E-state index >= 15 is 0 Å². The quantitative estimate of drug-likeness (QED) is 0.856. The summed E-state index contributed by atoms with van der Waals surface area (Å²) in [6.45, 7) is 4.66. The van der Waals surface area contributed by atoms with Gasteiger partial charge in [0.2, 0.25) is 5.91 Å². The van der Waals surface area contributed by atoms with E-state index in [2.05, 4.69) is 5.32 Å². The van der Waals surface area contributed by atoms with Gasteiger partial charge >= 0.3 is 0 Å². The minimum Gasteiger partial charge on any atom is -0.355 e. The number of hydrogen-bond donors (Lipinski definition) is 1. The first kappa shape index (κ1) is 15.7. The van der Waals surface area contributed by atoms with E-state index < -0.39 is 0 Å². The van der Waals surface area contributed by atoms with Crippen molar-refractivity contribution in [3.05, 3.63) is 33.8 Å². The summed E-state index contributed by atoms with van der Waals surface area (Å²) < 4.78 is 0. The summed E-state index contributed by atoms with van der Waals surface area (Å²) in [6, 6.07) is 5.43. The van der Waals surface area contributed by atoms with E-state index in [1.54, 1.807) is 17.8 Å². The second-order valence-corrected chi connectivity index (χ2v) is 6.15. The van der Waals surface area contributed by atoms with Crippen LogP contribution in [-0.2, 0) is 10.5 Å². The maximum Gasteiger partial charge on any atom is 0.232 e. The Morgan fingerprint density at radius 1 is 1.44 bits per heavy atom. The van der Waals surface area contributed by atoms with Gasteiger partial charge in [-0.3, -0.25) is 4.79 Å². The minimum atomic E-state index is -0.0803. The van der Waals surface area contributed by atoms with Crippen molar-refractivity contribution in [1.82, 2.24) is 5.32 Å². The van der Waals surface area contributed by atoms with Crippen LogP contribution in [0.5, 0.6) is 0 Å². The number of benzene rings is 1. The summed E-state index contributed by atoms with van der Waals surface area (Å²) in [5.74, 6) is 0.781. The minimum absolute atomic E-state index is 0.0759. The number of nitrogens with one attached hydrogen (secondary N) is 1. The zero-order chi connectivity index (χ0) is 13.5. The first-order valence-electron chi connectivity index (χ1n) is 5.87. The summed E-state index contributed by atoms with van der Waals surface area (Å²) in [4.78, 5) is 11.7. The van der Waals surface area contributed by atoms with Crippen molar-refractivity contribution in [3.8, 4) is 0 Å². The first-order chi connectivity index (χ1) is 8.54. The summed E-state index contributed by atoms with van der Waals surface area (Å²) in [7, 11) is 0. The first-order valence-corrected chi connectivity index (χ1v) is 7.68. The van der Waals surface area contributed by atoms with Crippen LogP contribution >= 0.6 is 35.0 Å². The van der Waals surface area contributed by atoms with Crippen LogP contribution < -0.4 is 5.32 Å². The summed E-state index contributed by atoms with van der Waals surface area (Å²) in [6.07, 6.45) is 0.951. The Hall–Kier alpha value is -0.380. The fourth-order valence-corrected chi connectivity index (χ4v) is 2.79. The summed E-state index contributed by atoms with van der Waals surface area (Å²) in [5, 5.41) is 4.07. The predicted molar refractivity (Wildman–Crippen MR) is 80.5 cm³/mol. The topological polar surface area (TPSA) is 29.1 Å². The Labute approximate surface area is 122 Å². The maximum atomic E-state index is 11.7. The molecule has 1 amide bonds. The third kappa shape index (κ3) is 5.09. The average Bonchev–Trinajstić information content (AvgIpc) is 2.34. The normalized spacial score (nSPS) is 12.2. The lowest BCUT2D eigenvalue weighted by molar-refractivity contribution is -0.120. The monoisotopic (exact) mass is 305 g/mol. The van der Waals surface area contributed by atoms with Gasteiger partial charge in [-0.25, -0.2) is 0 Å². The smallest absolute Gasteiger partial charge is 0.232 e. The Morgan fingerprint density at radius 2 is 2.17 bits per heavy atom. The Morgan fingerprint density at radius 3 is 2.78 bits per heavy atom. The van der Waals surface area contributed by atoms with Crippen LogP contribution in [0.25, 0.3) is 0 Å². The van der Waals surface area contributed by atoms with E-state index in [1.807, 2.05) is 26.0 Å². The second kappa shape index (κ2) is 7.93. The van der Waals surface area contributed by atoms with E-state index in [-0.39, 0.29) is 11.2 Å². The molecule has 1 atom stereocenters. The third-order valence-electron chi connectivity index (χ3n) is 2.42. The molecule has 0 heterocycles. The highest BCUT2D eigenvalue weighted by molar-refractivity contribution is 7.99. The number of amides is 1. The number of carbonyl (C=O) groups excluding carboxylic acids is 1. The van der Waals surface area contributed by atoms with Gasteiger partial charge in [-0.1, -0.05) is 36.2 Å². The molecule has 5 heteroatoms. The largest absolute Gasteiger partial charge is 0.355 e. The molecule has 0 saturated heterocycles. The molecule has 0 aliphatic carbocycles. The molecular weight excluding hydrogens is 289 g/mol. The Kier molecular flexibility index (Phi) is 6.90. The zero-order valence-corrected chi connectivity index (χ0v) is 12.8. The Balaban J connectivity index is 2.46. The van der Waals surface area contributed by atoms with Gasteiger partial charge in [0.1, 0.15) is 0 Å². The molecule has 1 aromatic carbocycles. The molecule has 0 aliphatic rings. The van der Waals surface area contributed by atoms with Crippen molar-refractivity contribution in [1.29, 1.82) is 0 Å². The average molecular weight is 306 g/mol. The third-order valence-corrected chi connectivity index (χ3v) is 4.20. The van der Waals surface area contributed by atoms with Crippen LogP contribution in [0.2, 0.25) is 10.0 Å². The maximum absolute atomic E-state index is 11.7. The number of thioether (sulfide) groups is 1. The number of hydrogen-bond acceptors (Lipinski definition) is 2. The van der Waals surface area contributed by atoms with Gasteiger partial charge in [0, 0.05) is 22.3 Å². The van der Waals surface area contributed by atoms with E-state index in [0.717, 1.165) is 18.5 Å². The van der Waals surface area contributed by atoms with Crippen LogP contribution in [0.15, 0.2) is 18.2 Å². The van der Waals surface area contributed by atoms with Gasteiger partial charge in [0.05, 0.1) is 5.25 Å². The molecular formula is C13H17Cl2NOS. The Bertz CT molecular complexity index is 412. The molecule has 0 bridgehead atoms. The van der Waals surface area contributed by atoms with E-state index in [4.69, 9.17) is 23.2 Å². The van der Waals surface area contributed by atoms with Crippen LogP contribution in [0.1, 0.15) is 25.8 Å². The van der Waals surface area contributed by atoms with Crippen molar-refractivity contribution in [2.24, 2.45) is 0 Å². The van der Waals surface area contributed by atoms with Crippen molar-refractivity contribution in [2.75, 3.05) is 6.54 Å². The molecule has 1 aromatic rings. The van der Waals surface area contributed by atoms with Crippen LogP contribution in [0.3, 0.4) is 0 Å². The fraction of sp³-hybridized carbons (Fsp3) is 0.462. The standard InChI is InChI=1S/C13H17Cl2NOS/c1-3-6-16-13(17)9(2)18-8-10-4-5-11(14)7-12(10)15/h4-5,7,9H,3,6,8H2,1-2H3,(H,16,17). The molecule has 1 rings (SSSR count). The molecule has 18 heavy (non-hydrogen) atoms. The lowest BCUT2D eigenvalue weighted by atomic mass is 10.2. The molecule has 100 valence electrons. The number of halogens is 2. The summed E-state index contributed by atoms with van der Waals surface area (Å²) in [5.41, 5.74) is 1.00. The number of carbonyl (C=O) groups is 1. The highest BCUT2D eigenvalue weighted by atomic mass is 35.5.